The molecule has 0 unspecified atom stereocenters. The second-order valence-corrected chi connectivity index (χ2v) is 5.34. The van der Waals surface area contributed by atoms with E-state index in [1.54, 1.807) is 6.20 Å². The van der Waals surface area contributed by atoms with E-state index < -0.39 is 0 Å². The summed E-state index contributed by atoms with van der Waals surface area (Å²) in [6, 6.07) is 11.3. The first-order valence-corrected chi connectivity index (χ1v) is 7.77. The molecule has 2 rings (SSSR count). The van der Waals surface area contributed by atoms with Crippen LogP contribution in [0.15, 0.2) is 42.6 Å². The first kappa shape index (κ1) is 16.0. The van der Waals surface area contributed by atoms with E-state index in [1.165, 1.54) is 12.8 Å². The molecular formula is C18H23N3O. The normalized spacial score (nSPS) is 10.3. The Morgan fingerprint density at radius 1 is 1.14 bits per heavy atom. The minimum absolute atomic E-state index is 0.130. The van der Waals surface area contributed by atoms with Crippen molar-refractivity contribution >= 4 is 17.4 Å². The van der Waals surface area contributed by atoms with Gasteiger partial charge in [0.2, 0.25) is 0 Å². The number of anilines is 2. The van der Waals surface area contributed by atoms with Crippen molar-refractivity contribution in [2.45, 2.75) is 33.1 Å². The lowest BCUT2D eigenvalue weighted by molar-refractivity contribution is 0.102. The molecule has 2 aromatic rings. The number of aryl methyl sites for hydroxylation is 1. The van der Waals surface area contributed by atoms with E-state index in [9.17, 15) is 4.79 Å². The summed E-state index contributed by atoms with van der Waals surface area (Å²) in [6.45, 7) is 5.06. The highest BCUT2D eigenvalue weighted by atomic mass is 16.1. The number of pyridine rings is 1. The topological polar surface area (TPSA) is 54.0 Å². The Morgan fingerprint density at radius 2 is 1.95 bits per heavy atom. The van der Waals surface area contributed by atoms with Crippen molar-refractivity contribution in [1.29, 1.82) is 0 Å². The summed E-state index contributed by atoms with van der Waals surface area (Å²) < 4.78 is 0. The molecule has 0 aliphatic heterocycles. The van der Waals surface area contributed by atoms with Crippen molar-refractivity contribution in [3.63, 3.8) is 0 Å². The molecule has 1 aromatic carbocycles. The Morgan fingerprint density at radius 3 is 2.64 bits per heavy atom. The van der Waals surface area contributed by atoms with Gasteiger partial charge >= 0.3 is 0 Å². The standard InChI is InChI=1S/C18H23N3O/c1-3-4-7-12-19-15-10-11-17(20-13-15)21-18(22)16-9-6-5-8-14(16)2/h5-6,8-11,13,19H,3-4,7,12H2,1-2H3,(H,20,21,22). The third-order valence-electron chi connectivity index (χ3n) is 3.50. The van der Waals surface area contributed by atoms with Gasteiger partial charge in [0.1, 0.15) is 5.82 Å². The van der Waals surface area contributed by atoms with Crippen LogP contribution in [0.2, 0.25) is 0 Å². The second kappa shape index (κ2) is 8.17. The average Bonchev–Trinajstić information content (AvgIpc) is 2.53. The molecule has 0 atom stereocenters. The van der Waals surface area contributed by atoms with Gasteiger partial charge in [0.15, 0.2) is 0 Å². The van der Waals surface area contributed by atoms with Crippen LogP contribution in [-0.2, 0) is 0 Å². The van der Waals surface area contributed by atoms with E-state index in [0.717, 1.165) is 24.2 Å². The molecule has 22 heavy (non-hydrogen) atoms. The molecular weight excluding hydrogens is 274 g/mol. The van der Waals surface area contributed by atoms with Crippen molar-refractivity contribution in [2.75, 3.05) is 17.2 Å². The number of rotatable bonds is 7. The molecule has 0 fully saturated rings. The summed E-state index contributed by atoms with van der Waals surface area (Å²) in [5, 5.41) is 6.15. The average molecular weight is 297 g/mol. The number of carbonyl (C=O) groups excluding carboxylic acids is 1. The first-order chi connectivity index (χ1) is 10.7. The van der Waals surface area contributed by atoms with Crippen molar-refractivity contribution in [1.82, 2.24) is 4.98 Å². The Kier molecular flexibility index (Phi) is 5.95. The Hall–Kier alpha value is -2.36. The monoisotopic (exact) mass is 297 g/mol. The summed E-state index contributed by atoms with van der Waals surface area (Å²) >= 11 is 0. The van der Waals surface area contributed by atoms with E-state index in [-0.39, 0.29) is 5.91 Å². The molecule has 0 aliphatic carbocycles. The van der Waals surface area contributed by atoms with Crippen LogP contribution in [0.5, 0.6) is 0 Å². The van der Waals surface area contributed by atoms with Gasteiger partial charge in [-0.05, 0) is 37.1 Å². The minimum Gasteiger partial charge on any atom is -0.384 e. The summed E-state index contributed by atoms with van der Waals surface area (Å²) in [5.74, 6) is 0.432. The van der Waals surface area contributed by atoms with Gasteiger partial charge in [0.05, 0.1) is 11.9 Å². The zero-order valence-electron chi connectivity index (χ0n) is 13.2. The van der Waals surface area contributed by atoms with Crippen molar-refractivity contribution < 1.29 is 4.79 Å². The number of hydrogen-bond donors (Lipinski definition) is 2. The number of unbranched alkanes of at least 4 members (excludes halogenated alkanes) is 2. The predicted octanol–water partition coefficient (Wildman–Crippen LogP) is 4.24. The third kappa shape index (κ3) is 4.58. The van der Waals surface area contributed by atoms with E-state index >= 15 is 0 Å². The largest absolute Gasteiger partial charge is 0.384 e. The smallest absolute Gasteiger partial charge is 0.257 e. The summed E-state index contributed by atoms with van der Waals surface area (Å²) in [4.78, 5) is 16.5. The molecule has 116 valence electrons. The number of carbonyl (C=O) groups is 1. The lowest BCUT2D eigenvalue weighted by Gasteiger charge is -2.09. The van der Waals surface area contributed by atoms with E-state index in [1.807, 2.05) is 43.3 Å². The lowest BCUT2D eigenvalue weighted by Crippen LogP contribution is -2.14. The Labute approximate surface area is 132 Å². The van der Waals surface area contributed by atoms with E-state index in [0.29, 0.717) is 11.4 Å². The van der Waals surface area contributed by atoms with Gasteiger partial charge in [0.25, 0.3) is 5.91 Å². The molecule has 0 radical (unpaired) electrons. The van der Waals surface area contributed by atoms with E-state index in [2.05, 4.69) is 22.5 Å². The maximum atomic E-state index is 12.2. The SMILES string of the molecule is CCCCCNc1ccc(NC(=O)c2ccccc2C)nc1. The molecule has 4 heteroatoms. The molecule has 2 N–H and O–H groups in total. The zero-order chi connectivity index (χ0) is 15.8. The fourth-order valence-corrected chi connectivity index (χ4v) is 2.19. The fraction of sp³-hybridized carbons (Fsp3) is 0.333. The number of hydrogen-bond acceptors (Lipinski definition) is 3. The number of aromatic nitrogens is 1. The first-order valence-electron chi connectivity index (χ1n) is 7.77. The van der Waals surface area contributed by atoms with Gasteiger partial charge in [-0.3, -0.25) is 4.79 Å². The zero-order valence-corrected chi connectivity index (χ0v) is 13.2. The number of nitrogens with one attached hydrogen (secondary N) is 2. The number of benzene rings is 1. The summed E-state index contributed by atoms with van der Waals surface area (Å²) in [7, 11) is 0. The summed E-state index contributed by atoms with van der Waals surface area (Å²) in [5.41, 5.74) is 2.60. The molecule has 0 saturated heterocycles. The van der Waals surface area contributed by atoms with Crippen LogP contribution in [-0.4, -0.2) is 17.4 Å². The van der Waals surface area contributed by atoms with Gasteiger partial charge in [-0.1, -0.05) is 38.0 Å². The molecule has 0 saturated carbocycles. The van der Waals surface area contributed by atoms with E-state index in [4.69, 9.17) is 0 Å². The highest BCUT2D eigenvalue weighted by Gasteiger charge is 2.08. The molecule has 1 heterocycles. The van der Waals surface area contributed by atoms with Crippen LogP contribution in [0.25, 0.3) is 0 Å². The van der Waals surface area contributed by atoms with Crippen LogP contribution in [0.1, 0.15) is 42.1 Å². The van der Waals surface area contributed by atoms with Crippen molar-refractivity contribution in [3.8, 4) is 0 Å². The maximum Gasteiger partial charge on any atom is 0.257 e. The van der Waals surface area contributed by atoms with Gasteiger partial charge in [-0.15, -0.1) is 0 Å². The van der Waals surface area contributed by atoms with Gasteiger partial charge < -0.3 is 10.6 Å². The van der Waals surface area contributed by atoms with Gasteiger partial charge in [0, 0.05) is 12.1 Å². The van der Waals surface area contributed by atoms with Crippen LogP contribution in [0.4, 0.5) is 11.5 Å². The van der Waals surface area contributed by atoms with Crippen molar-refractivity contribution in [2.24, 2.45) is 0 Å². The van der Waals surface area contributed by atoms with Crippen molar-refractivity contribution in [3.05, 3.63) is 53.7 Å². The molecule has 0 bridgehead atoms. The molecule has 1 amide bonds. The van der Waals surface area contributed by atoms with Crippen LogP contribution >= 0.6 is 0 Å². The highest BCUT2D eigenvalue weighted by molar-refractivity contribution is 6.04. The molecule has 0 spiro atoms. The number of amides is 1. The summed E-state index contributed by atoms with van der Waals surface area (Å²) in [6.07, 6.45) is 5.34. The molecule has 4 nitrogen and oxygen atoms in total. The molecule has 0 aliphatic rings. The minimum atomic E-state index is -0.130. The predicted molar refractivity (Wildman–Crippen MR) is 91.4 cm³/mol. The Bertz CT molecular complexity index is 608. The highest BCUT2D eigenvalue weighted by Crippen LogP contribution is 2.13. The second-order valence-electron chi connectivity index (χ2n) is 5.34. The van der Waals surface area contributed by atoms with Crippen LogP contribution < -0.4 is 10.6 Å². The number of nitrogens with zero attached hydrogens (tertiary/aromatic N) is 1. The maximum absolute atomic E-state index is 12.2. The Balaban J connectivity index is 1.91. The van der Waals surface area contributed by atoms with Gasteiger partial charge in [-0.25, -0.2) is 4.98 Å². The fourth-order valence-electron chi connectivity index (χ4n) is 2.19. The van der Waals surface area contributed by atoms with Crippen LogP contribution in [0.3, 0.4) is 0 Å². The quantitative estimate of drug-likeness (QED) is 0.751. The molecule has 1 aromatic heterocycles. The third-order valence-corrected chi connectivity index (χ3v) is 3.50. The van der Waals surface area contributed by atoms with Crippen LogP contribution in [0, 0.1) is 6.92 Å². The lowest BCUT2D eigenvalue weighted by atomic mass is 10.1. The van der Waals surface area contributed by atoms with Gasteiger partial charge in [-0.2, -0.15) is 0 Å².